The summed E-state index contributed by atoms with van der Waals surface area (Å²) in [5, 5.41) is 0. The average Bonchev–Trinajstić information content (AvgIpc) is 2.29. The number of nitrogens with two attached hydrogens (primary N) is 1. The van der Waals surface area contributed by atoms with Crippen LogP contribution in [0.15, 0.2) is 21.5 Å². The first-order valence-corrected chi connectivity index (χ1v) is 4.54. The molecular formula is C7H6BrN3S. The van der Waals surface area contributed by atoms with Gasteiger partial charge in [0.2, 0.25) is 0 Å². The van der Waals surface area contributed by atoms with Crippen LogP contribution in [0, 0.1) is 0 Å². The topological polar surface area (TPSA) is 54.7 Å². The van der Waals surface area contributed by atoms with Crippen molar-refractivity contribution in [1.29, 1.82) is 0 Å². The summed E-state index contributed by atoms with van der Waals surface area (Å²) in [6, 6.07) is 3.76. The number of nitrogens with one attached hydrogen (secondary N) is 1. The minimum atomic E-state index is 0.421. The van der Waals surface area contributed by atoms with Crippen molar-refractivity contribution in [2.75, 3.05) is 5.73 Å². The number of hydrogen-bond donors (Lipinski definition) is 3. The van der Waals surface area contributed by atoms with Crippen molar-refractivity contribution in [3.63, 3.8) is 0 Å². The number of nitrogens with zero attached hydrogens (tertiary/aromatic N) is 1. The molecule has 3 N–H and O–H groups in total. The molecule has 0 saturated heterocycles. The molecule has 2 rings (SSSR count). The molecule has 0 radical (unpaired) electrons. The van der Waals surface area contributed by atoms with Gasteiger partial charge in [0.1, 0.15) is 5.52 Å². The number of nitrogen functional groups attached to an aromatic ring is 1. The first-order valence-electron chi connectivity index (χ1n) is 3.30. The molecule has 0 bridgehead atoms. The van der Waals surface area contributed by atoms with Crippen LogP contribution in [0.3, 0.4) is 0 Å². The van der Waals surface area contributed by atoms with Crippen LogP contribution in [0.5, 0.6) is 0 Å². The highest BCUT2D eigenvalue weighted by Gasteiger charge is 2.04. The van der Waals surface area contributed by atoms with E-state index in [0.717, 1.165) is 20.4 Å². The van der Waals surface area contributed by atoms with Gasteiger partial charge >= 0.3 is 0 Å². The molecule has 0 aliphatic heterocycles. The predicted octanol–water partition coefficient (Wildman–Crippen LogP) is 2.20. The summed E-state index contributed by atoms with van der Waals surface area (Å²) in [6.45, 7) is 0. The second-order valence-electron chi connectivity index (χ2n) is 2.45. The van der Waals surface area contributed by atoms with Gasteiger partial charge in [0, 0.05) is 9.37 Å². The number of anilines is 1. The fourth-order valence-corrected chi connectivity index (χ4v) is 2.06. The number of aromatic amines is 1. The summed E-state index contributed by atoms with van der Waals surface area (Å²) in [7, 11) is 0. The van der Waals surface area contributed by atoms with E-state index in [1.165, 1.54) is 0 Å². The molecule has 3 nitrogen and oxygen atoms in total. The molecule has 1 heterocycles. The van der Waals surface area contributed by atoms with Gasteiger partial charge in [-0.15, -0.1) is 12.6 Å². The maximum Gasteiger partial charge on any atom is 0.198 e. The highest BCUT2D eigenvalue weighted by Crippen LogP contribution is 2.25. The van der Waals surface area contributed by atoms with E-state index in [1.54, 1.807) is 0 Å². The molecule has 0 unspecified atom stereocenters. The van der Waals surface area contributed by atoms with Crippen LogP contribution in [-0.4, -0.2) is 9.97 Å². The Morgan fingerprint density at radius 1 is 1.50 bits per heavy atom. The Labute approximate surface area is 82.9 Å². The van der Waals surface area contributed by atoms with E-state index in [-0.39, 0.29) is 0 Å². The lowest BCUT2D eigenvalue weighted by Gasteiger charge is -1.93. The van der Waals surface area contributed by atoms with Crippen molar-refractivity contribution in [2.45, 2.75) is 4.90 Å². The van der Waals surface area contributed by atoms with Gasteiger partial charge in [0.05, 0.1) is 5.52 Å². The molecule has 0 aliphatic rings. The number of aromatic nitrogens is 2. The second kappa shape index (κ2) is 2.67. The molecule has 1 aromatic heterocycles. The SMILES string of the molecule is Nc1nc2c(Br)cc(S)cc2[nH]1. The number of benzene rings is 1. The monoisotopic (exact) mass is 243 g/mol. The number of halogens is 1. The molecule has 0 aliphatic carbocycles. The summed E-state index contributed by atoms with van der Waals surface area (Å²) < 4.78 is 0.901. The maximum absolute atomic E-state index is 5.50. The van der Waals surface area contributed by atoms with Gasteiger partial charge in [-0.3, -0.25) is 0 Å². The van der Waals surface area contributed by atoms with E-state index in [2.05, 4.69) is 38.5 Å². The Balaban J connectivity index is 2.88. The van der Waals surface area contributed by atoms with Gasteiger partial charge in [0.25, 0.3) is 0 Å². The lowest BCUT2D eigenvalue weighted by molar-refractivity contribution is 1.35. The highest BCUT2D eigenvalue weighted by molar-refractivity contribution is 9.10. The molecule has 0 saturated carbocycles. The average molecular weight is 244 g/mol. The zero-order valence-corrected chi connectivity index (χ0v) is 8.48. The van der Waals surface area contributed by atoms with Crippen LogP contribution in [-0.2, 0) is 0 Å². The van der Waals surface area contributed by atoms with Crippen LogP contribution in [0.2, 0.25) is 0 Å². The summed E-state index contributed by atoms with van der Waals surface area (Å²) in [6.07, 6.45) is 0. The lowest BCUT2D eigenvalue weighted by Crippen LogP contribution is -1.84. The Bertz CT molecular complexity index is 437. The molecule has 0 fully saturated rings. The zero-order valence-electron chi connectivity index (χ0n) is 6.00. The van der Waals surface area contributed by atoms with Crippen LogP contribution >= 0.6 is 28.6 Å². The number of fused-ring (bicyclic) bond motifs is 1. The minimum Gasteiger partial charge on any atom is -0.369 e. The van der Waals surface area contributed by atoms with Gasteiger partial charge in [-0.25, -0.2) is 4.98 Å². The molecule has 2 aromatic rings. The van der Waals surface area contributed by atoms with E-state index in [9.17, 15) is 0 Å². The van der Waals surface area contributed by atoms with Crippen LogP contribution in [0.4, 0.5) is 5.95 Å². The van der Waals surface area contributed by atoms with Crippen molar-refractivity contribution in [3.05, 3.63) is 16.6 Å². The summed E-state index contributed by atoms with van der Waals surface area (Å²) >= 11 is 7.59. The highest BCUT2D eigenvalue weighted by atomic mass is 79.9. The van der Waals surface area contributed by atoms with Gasteiger partial charge in [-0.2, -0.15) is 0 Å². The Morgan fingerprint density at radius 2 is 2.25 bits per heavy atom. The third-order valence-corrected chi connectivity index (χ3v) is 2.41. The molecular weight excluding hydrogens is 238 g/mol. The molecule has 5 heteroatoms. The first kappa shape index (κ1) is 7.94. The molecule has 12 heavy (non-hydrogen) atoms. The summed E-state index contributed by atoms with van der Waals surface area (Å²) in [5.41, 5.74) is 7.23. The Hall–Kier alpha value is -0.680. The largest absolute Gasteiger partial charge is 0.369 e. The first-order chi connectivity index (χ1) is 5.66. The van der Waals surface area contributed by atoms with Crippen LogP contribution < -0.4 is 5.73 Å². The van der Waals surface area contributed by atoms with E-state index >= 15 is 0 Å². The lowest BCUT2D eigenvalue weighted by atomic mass is 10.3. The third-order valence-electron chi connectivity index (χ3n) is 1.54. The van der Waals surface area contributed by atoms with Crippen molar-refractivity contribution in [2.24, 2.45) is 0 Å². The molecule has 0 spiro atoms. The van der Waals surface area contributed by atoms with Crippen molar-refractivity contribution < 1.29 is 0 Å². The fourth-order valence-electron chi connectivity index (χ4n) is 1.08. The number of H-pyrrole nitrogens is 1. The van der Waals surface area contributed by atoms with Gasteiger partial charge < -0.3 is 10.7 Å². The van der Waals surface area contributed by atoms with Crippen molar-refractivity contribution >= 4 is 45.5 Å². The Morgan fingerprint density at radius 3 is 3.00 bits per heavy atom. The number of rotatable bonds is 0. The number of imidazole rings is 1. The standard InChI is InChI=1S/C7H6BrN3S/c8-4-1-3(12)2-5-6(4)11-7(9)10-5/h1-2,12H,(H3,9,10,11). The quantitative estimate of drug-likeness (QED) is 0.622. The van der Waals surface area contributed by atoms with Gasteiger partial charge in [0.15, 0.2) is 5.95 Å². The summed E-state index contributed by atoms with van der Waals surface area (Å²) in [5.74, 6) is 0.421. The van der Waals surface area contributed by atoms with E-state index in [0.29, 0.717) is 5.95 Å². The minimum absolute atomic E-state index is 0.421. The van der Waals surface area contributed by atoms with Gasteiger partial charge in [-0.05, 0) is 28.1 Å². The molecule has 1 aromatic carbocycles. The van der Waals surface area contributed by atoms with Crippen LogP contribution in [0.1, 0.15) is 0 Å². The smallest absolute Gasteiger partial charge is 0.198 e. The van der Waals surface area contributed by atoms with Crippen LogP contribution in [0.25, 0.3) is 11.0 Å². The van der Waals surface area contributed by atoms with E-state index in [1.807, 2.05) is 12.1 Å². The van der Waals surface area contributed by atoms with E-state index < -0.39 is 0 Å². The second-order valence-corrected chi connectivity index (χ2v) is 3.82. The Kier molecular flexibility index (Phi) is 1.77. The summed E-state index contributed by atoms with van der Waals surface area (Å²) in [4.78, 5) is 7.90. The van der Waals surface area contributed by atoms with Crippen molar-refractivity contribution in [1.82, 2.24) is 9.97 Å². The maximum atomic E-state index is 5.50. The number of thiol groups is 1. The fraction of sp³-hybridized carbons (Fsp3) is 0. The molecule has 0 atom stereocenters. The zero-order chi connectivity index (χ0) is 8.72. The van der Waals surface area contributed by atoms with Crippen molar-refractivity contribution in [3.8, 4) is 0 Å². The van der Waals surface area contributed by atoms with Gasteiger partial charge in [-0.1, -0.05) is 0 Å². The molecule has 0 amide bonds. The predicted molar refractivity (Wildman–Crippen MR) is 55.5 cm³/mol. The third kappa shape index (κ3) is 1.19. The molecule has 62 valence electrons. The number of hydrogen-bond acceptors (Lipinski definition) is 3. The normalized spacial score (nSPS) is 10.8. The van der Waals surface area contributed by atoms with E-state index in [4.69, 9.17) is 5.73 Å².